The molecule has 0 aliphatic carbocycles. The molecule has 0 atom stereocenters. The average molecular weight is 288 g/mol. The number of aliphatic hydroxyl groups excluding tert-OH is 1. The van der Waals surface area contributed by atoms with Crippen LogP contribution in [-0.2, 0) is 6.61 Å². The zero-order valence-corrected chi connectivity index (χ0v) is 12.3. The molecular weight excluding hydrogens is 272 g/mol. The van der Waals surface area contributed by atoms with Crippen LogP contribution in [0.1, 0.15) is 11.1 Å². The van der Waals surface area contributed by atoms with Gasteiger partial charge in [0.1, 0.15) is 5.75 Å². The molecule has 2 N–H and O–H groups in total. The lowest BCUT2D eigenvalue weighted by Gasteiger charge is -2.14. The van der Waals surface area contributed by atoms with Crippen molar-refractivity contribution >= 4 is 32.3 Å². The number of benzene rings is 4. The van der Waals surface area contributed by atoms with Crippen LogP contribution in [0.15, 0.2) is 54.6 Å². The van der Waals surface area contributed by atoms with Crippen LogP contribution in [-0.4, -0.2) is 10.2 Å². The van der Waals surface area contributed by atoms with Gasteiger partial charge in [0.2, 0.25) is 0 Å². The summed E-state index contributed by atoms with van der Waals surface area (Å²) in [5.74, 6) is 0.250. The van der Waals surface area contributed by atoms with Gasteiger partial charge in [-0.05, 0) is 57.1 Å². The number of aryl methyl sites for hydroxylation is 1. The summed E-state index contributed by atoms with van der Waals surface area (Å²) in [6.45, 7) is 2.05. The number of hydrogen-bond donors (Lipinski definition) is 2. The number of rotatable bonds is 1. The van der Waals surface area contributed by atoms with Crippen molar-refractivity contribution in [3.05, 3.63) is 65.7 Å². The van der Waals surface area contributed by atoms with Crippen molar-refractivity contribution in [2.75, 3.05) is 0 Å². The Balaban J connectivity index is 2.37. The Morgan fingerprint density at radius 1 is 0.773 bits per heavy atom. The Labute approximate surface area is 128 Å². The van der Waals surface area contributed by atoms with E-state index in [1.807, 2.05) is 30.3 Å². The molecule has 0 unspecified atom stereocenters. The minimum absolute atomic E-state index is 0.0478. The first-order chi connectivity index (χ1) is 10.7. The third-order valence-electron chi connectivity index (χ3n) is 4.43. The van der Waals surface area contributed by atoms with Gasteiger partial charge < -0.3 is 10.2 Å². The van der Waals surface area contributed by atoms with Crippen LogP contribution in [0.3, 0.4) is 0 Å². The fourth-order valence-corrected chi connectivity index (χ4v) is 3.43. The average Bonchev–Trinajstić information content (AvgIpc) is 2.55. The van der Waals surface area contributed by atoms with Crippen molar-refractivity contribution in [2.45, 2.75) is 13.5 Å². The SMILES string of the molecule is Cc1cc2c3cccc(O)c3cc(CO)c2c2ccccc12. The van der Waals surface area contributed by atoms with Crippen molar-refractivity contribution in [2.24, 2.45) is 0 Å². The molecule has 0 saturated heterocycles. The van der Waals surface area contributed by atoms with Gasteiger partial charge in [-0.25, -0.2) is 0 Å². The molecule has 0 bridgehead atoms. The topological polar surface area (TPSA) is 40.5 Å². The molecule has 0 spiro atoms. The molecule has 4 rings (SSSR count). The second-order valence-corrected chi connectivity index (χ2v) is 5.73. The van der Waals surface area contributed by atoms with Crippen molar-refractivity contribution < 1.29 is 10.2 Å². The summed E-state index contributed by atoms with van der Waals surface area (Å²) in [6.07, 6.45) is 0. The second kappa shape index (κ2) is 4.72. The Morgan fingerprint density at radius 2 is 1.50 bits per heavy atom. The number of hydrogen-bond acceptors (Lipinski definition) is 2. The Bertz CT molecular complexity index is 1030. The lowest BCUT2D eigenvalue weighted by Crippen LogP contribution is -1.91. The molecule has 0 saturated carbocycles. The quantitative estimate of drug-likeness (QED) is 0.500. The van der Waals surface area contributed by atoms with Gasteiger partial charge in [-0.1, -0.05) is 42.5 Å². The fraction of sp³-hybridized carbons (Fsp3) is 0.100. The molecule has 2 heteroatoms. The number of aromatic hydroxyl groups is 1. The van der Waals surface area contributed by atoms with Gasteiger partial charge in [-0.15, -0.1) is 0 Å². The van der Waals surface area contributed by atoms with E-state index in [9.17, 15) is 10.2 Å². The van der Waals surface area contributed by atoms with Gasteiger partial charge in [-0.3, -0.25) is 0 Å². The number of phenols is 1. The van der Waals surface area contributed by atoms with E-state index in [2.05, 4.69) is 25.1 Å². The summed E-state index contributed by atoms with van der Waals surface area (Å²) in [5, 5.41) is 26.3. The lowest BCUT2D eigenvalue weighted by molar-refractivity contribution is 0.283. The van der Waals surface area contributed by atoms with Crippen molar-refractivity contribution in [3.63, 3.8) is 0 Å². The van der Waals surface area contributed by atoms with E-state index in [0.29, 0.717) is 0 Å². The molecule has 0 aromatic heterocycles. The third-order valence-corrected chi connectivity index (χ3v) is 4.43. The summed E-state index contributed by atoms with van der Waals surface area (Å²) in [4.78, 5) is 0. The highest BCUT2D eigenvalue weighted by molar-refractivity contribution is 6.20. The molecule has 2 nitrogen and oxygen atoms in total. The van der Waals surface area contributed by atoms with Crippen LogP contribution in [0.5, 0.6) is 5.75 Å². The zero-order chi connectivity index (χ0) is 15.3. The first-order valence-electron chi connectivity index (χ1n) is 7.37. The van der Waals surface area contributed by atoms with E-state index in [1.54, 1.807) is 6.07 Å². The van der Waals surface area contributed by atoms with Crippen LogP contribution in [0, 0.1) is 6.92 Å². The van der Waals surface area contributed by atoms with Crippen LogP contribution in [0.2, 0.25) is 0 Å². The Kier molecular flexibility index (Phi) is 2.81. The monoisotopic (exact) mass is 288 g/mol. The molecule has 108 valence electrons. The predicted molar refractivity (Wildman–Crippen MR) is 91.3 cm³/mol. The highest BCUT2D eigenvalue weighted by Gasteiger charge is 2.12. The summed E-state index contributed by atoms with van der Waals surface area (Å²) < 4.78 is 0. The van der Waals surface area contributed by atoms with E-state index in [4.69, 9.17) is 0 Å². The van der Waals surface area contributed by atoms with E-state index < -0.39 is 0 Å². The number of phenolic OH excluding ortho intramolecular Hbond substituents is 1. The number of fused-ring (bicyclic) bond motifs is 5. The zero-order valence-electron chi connectivity index (χ0n) is 12.3. The van der Waals surface area contributed by atoms with Gasteiger partial charge in [0, 0.05) is 5.39 Å². The lowest BCUT2D eigenvalue weighted by atomic mass is 9.91. The summed E-state index contributed by atoms with van der Waals surface area (Å²) in [5.41, 5.74) is 2.04. The smallest absolute Gasteiger partial charge is 0.123 e. The first-order valence-corrected chi connectivity index (χ1v) is 7.37. The summed E-state index contributed by atoms with van der Waals surface area (Å²) in [6, 6.07) is 17.9. The third kappa shape index (κ3) is 1.71. The van der Waals surface area contributed by atoms with Crippen molar-refractivity contribution in [1.29, 1.82) is 0 Å². The number of aliphatic hydroxyl groups is 1. The molecule has 0 aliphatic rings. The largest absolute Gasteiger partial charge is 0.507 e. The molecule has 22 heavy (non-hydrogen) atoms. The molecule has 0 amide bonds. The van der Waals surface area contributed by atoms with Gasteiger partial charge in [0.05, 0.1) is 6.61 Å². The normalized spacial score (nSPS) is 11.5. The maximum atomic E-state index is 10.2. The summed E-state index contributed by atoms with van der Waals surface area (Å²) in [7, 11) is 0. The maximum absolute atomic E-state index is 10.2. The standard InChI is InChI=1S/C20H16O2/c1-12-9-18-15-7-4-8-19(22)17(15)10-13(11-21)20(18)16-6-3-2-5-14(12)16/h2-10,21-22H,11H2,1H3. The van der Waals surface area contributed by atoms with E-state index in [-0.39, 0.29) is 12.4 Å². The van der Waals surface area contributed by atoms with Crippen LogP contribution >= 0.6 is 0 Å². The van der Waals surface area contributed by atoms with Crippen LogP contribution in [0.25, 0.3) is 32.3 Å². The highest BCUT2D eigenvalue weighted by Crippen LogP contribution is 2.38. The van der Waals surface area contributed by atoms with Crippen molar-refractivity contribution in [3.8, 4) is 5.75 Å². The maximum Gasteiger partial charge on any atom is 0.123 e. The van der Waals surface area contributed by atoms with Gasteiger partial charge in [0.25, 0.3) is 0 Å². The Hall–Kier alpha value is -2.58. The van der Waals surface area contributed by atoms with Gasteiger partial charge in [0.15, 0.2) is 0 Å². The van der Waals surface area contributed by atoms with E-state index in [1.165, 1.54) is 10.9 Å². The minimum atomic E-state index is -0.0478. The molecule has 4 aromatic rings. The van der Waals surface area contributed by atoms with Gasteiger partial charge >= 0.3 is 0 Å². The second-order valence-electron chi connectivity index (χ2n) is 5.73. The van der Waals surface area contributed by atoms with Crippen molar-refractivity contribution in [1.82, 2.24) is 0 Å². The van der Waals surface area contributed by atoms with E-state index >= 15 is 0 Å². The van der Waals surface area contributed by atoms with Gasteiger partial charge in [-0.2, -0.15) is 0 Å². The van der Waals surface area contributed by atoms with Crippen LogP contribution < -0.4 is 0 Å². The Morgan fingerprint density at radius 3 is 2.27 bits per heavy atom. The highest BCUT2D eigenvalue weighted by atomic mass is 16.3. The summed E-state index contributed by atoms with van der Waals surface area (Å²) >= 11 is 0. The van der Waals surface area contributed by atoms with E-state index in [0.717, 1.165) is 32.5 Å². The molecule has 0 heterocycles. The predicted octanol–water partition coefficient (Wildman–Crippen LogP) is 4.65. The molecular formula is C20H16O2. The fourth-order valence-electron chi connectivity index (χ4n) is 3.43. The minimum Gasteiger partial charge on any atom is -0.507 e. The molecule has 4 aromatic carbocycles. The molecule has 0 aliphatic heterocycles. The molecule has 0 fully saturated rings. The van der Waals surface area contributed by atoms with Crippen LogP contribution in [0.4, 0.5) is 0 Å². The molecule has 0 radical (unpaired) electrons. The first kappa shape index (κ1) is 13.1.